The number of ether oxygens (including phenoxy) is 2. The van der Waals surface area contributed by atoms with Gasteiger partial charge in [-0.2, -0.15) is 0 Å². The maximum atomic E-state index is 11.6. The van der Waals surface area contributed by atoms with Gasteiger partial charge in [0.1, 0.15) is 13.2 Å². The van der Waals surface area contributed by atoms with Gasteiger partial charge >= 0.3 is 11.9 Å². The molecule has 0 unspecified atom stereocenters. The van der Waals surface area contributed by atoms with Crippen LogP contribution in [0.5, 0.6) is 0 Å². The summed E-state index contributed by atoms with van der Waals surface area (Å²) < 4.78 is 10.2. The van der Waals surface area contributed by atoms with E-state index in [1.54, 1.807) is 0 Å². The summed E-state index contributed by atoms with van der Waals surface area (Å²) in [5.41, 5.74) is 0. The Bertz CT molecular complexity index is 377. The molecule has 0 aliphatic rings. The molecule has 4 nitrogen and oxygen atoms in total. The highest BCUT2D eigenvalue weighted by molar-refractivity contribution is 5.70. The van der Waals surface area contributed by atoms with Crippen LogP contribution >= 0.6 is 0 Å². The predicted octanol–water partition coefficient (Wildman–Crippen LogP) is 6.52. The Balaban J connectivity index is 3.32. The van der Waals surface area contributed by atoms with Gasteiger partial charge in [0.25, 0.3) is 0 Å². The summed E-state index contributed by atoms with van der Waals surface area (Å²) >= 11 is 0. The van der Waals surface area contributed by atoms with Crippen LogP contribution < -0.4 is 0 Å². The molecule has 0 rings (SSSR count). The number of carbonyl (C=O) groups is 2. The van der Waals surface area contributed by atoms with Gasteiger partial charge in [0.2, 0.25) is 0 Å². The molecule has 0 saturated carbocycles. The summed E-state index contributed by atoms with van der Waals surface area (Å²) in [5, 5.41) is 0. The van der Waals surface area contributed by atoms with E-state index in [0.29, 0.717) is 12.8 Å². The number of esters is 2. The fourth-order valence-electron chi connectivity index (χ4n) is 2.77. The lowest BCUT2D eigenvalue weighted by Crippen LogP contribution is -2.13. The van der Waals surface area contributed by atoms with E-state index in [1.165, 1.54) is 44.9 Å². The maximum absolute atomic E-state index is 11.6. The lowest BCUT2D eigenvalue weighted by atomic mass is 10.1. The van der Waals surface area contributed by atoms with Gasteiger partial charge < -0.3 is 9.47 Å². The van der Waals surface area contributed by atoms with E-state index in [-0.39, 0.29) is 25.2 Å². The third kappa shape index (κ3) is 20.8. The fourth-order valence-corrected chi connectivity index (χ4v) is 2.77. The van der Waals surface area contributed by atoms with Crippen LogP contribution in [0.2, 0.25) is 0 Å². The van der Waals surface area contributed by atoms with Crippen molar-refractivity contribution in [3.8, 4) is 0 Å². The van der Waals surface area contributed by atoms with Crippen LogP contribution in [-0.2, 0) is 19.1 Å². The molecule has 0 amide bonds. The summed E-state index contributed by atoms with van der Waals surface area (Å²) in [6.45, 7) is 4.70. The monoisotopic (exact) mass is 382 g/mol. The first-order valence-corrected chi connectivity index (χ1v) is 11.2. The molecule has 4 heteroatoms. The van der Waals surface area contributed by atoms with Crippen LogP contribution in [0, 0.1) is 0 Å². The van der Waals surface area contributed by atoms with Crippen molar-refractivity contribution in [3.63, 3.8) is 0 Å². The molecule has 0 atom stereocenters. The van der Waals surface area contributed by atoms with E-state index < -0.39 is 0 Å². The normalized spacial score (nSPS) is 11.0. The van der Waals surface area contributed by atoms with Crippen LogP contribution in [-0.4, -0.2) is 25.2 Å². The molecule has 0 aliphatic carbocycles. The van der Waals surface area contributed by atoms with Gasteiger partial charge in [0, 0.05) is 12.8 Å². The first kappa shape index (κ1) is 25.7. The van der Waals surface area contributed by atoms with Gasteiger partial charge in [-0.3, -0.25) is 9.59 Å². The summed E-state index contributed by atoms with van der Waals surface area (Å²) in [6.07, 6.45) is 20.3. The van der Waals surface area contributed by atoms with Crippen molar-refractivity contribution in [2.45, 2.75) is 110 Å². The minimum absolute atomic E-state index is 0.171. The quantitative estimate of drug-likeness (QED) is 0.145. The first-order valence-electron chi connectivity index (χ1n) is 11.2. The van der Waals surface area contributed by atoms with E-state index in [4.69, 9.17) is 9.47 Å². The Kier molecular flexibility index (Phi) is 20.0. The zero-order valence-electron chi connectivity index (χ0n) is 17.8. The third-order valence-electron chi connectivity index (χ3n) is 4.49. The first-order chi connectivity index (χ1) is 13.2. The van der Waals surface area contributed by atoms with E-state index >= 15 is 0 Å². The molecule has 0 bridgehead atoms. The molecule has 158 valence electrons. The molecule has 0 fully saturated rings. The smallest absolute Gasteiger partial charge is 0.305 e. The van der Waals surface area contributed by atoms with E-state index in [1.807, 2.05) is 0 Å². The SMILES string of the molecule is CCCC/C=C/CCCCCCCC(=O)OCCOC(=O)CCCCCC. The number of carbonyl (C=O) groups excluding carboxylic acids is 2. The molecule has 0 aliphatic heterocycles. The second-order valence-corrected chi connectivity index (χ2v) is 7.17. The van der Waals surface area contributed by atoms with Crippen molar-refractivity contribution in [1.82, 2.24) is 0 Å². The molecule has 0 saturated heterocycles. The number of hydrogen-bond acceptors (Lipinski definition) is 4. The second kappa shape index (κ2) is 21.0. The van der Waals surface area contributed by atoms with Crippen molar-refractivity contribution in [3.05, 3.63) is 12.2 Å². The zero-order valence-corrected chi connectivity index (χ0v) is 17.8. The molecule has 0 N–H and O–H groups in total. The van der Waals surface area contributed by atoms with Crippen molar-refractivity contribution < 1.29 is 19.1 Å². The number of allylic oxidation sites excluding steroid dienone is 2. The lowest BCUT2D eigenvalue weighted by molar-refractivity contribution is -0.152. The second-order valence-electron chi connectivity index (χ2n) is 7.17. The van der Waals surface area contributed by atoms with Crippen LogP contribution in [0.4, 0.5) is 0 Å². The van der Waals surface area contributed by atoms with E-state index in [0.717, 1.165) is 38.5 Å². The van der Waals surface area contributed by atoms with Gasteiger partial charge in [-0.15, -0.1) is 0 Å². The Morgan fingerprint density at radius 1 is 0.593 bits per heavy atom. The van der Waals surface area contributed by atoms with Gasteiger partial charge in [0.05, 0.1) is 0 Å². The number of unbranched alkanes of at least 4 members (excludes halogenated alkanes) is 10. The zero-order chi connectivity index (χ0) is 20.0. The summed E-state index contributed by atoms with van der Waals surface area (Å²) in [6, 6.07) is 0. The Labute approximate surface area is 167 Å². The van der Waals surface area contributed by atoms with E-state index in [9.17, 15) is 9.59 Å². The van der Waals surface area contributed by atoms with E-state index in [2.05, 4.69) is 26.0 Å². The molecule has 0 heterocycles. The molecule has 0 spiro atoms. The van der Waals surface area contributed by atoms with Crippen molar-refractivity contribution in [2.75, 3.05) is 13.2 Å². The molecular weight excluding hydrogens is 340 g/mol. The topological polar surface area (TPSA) is 52.6 Å². The average Bonchev–Trinajstić information content (AvgIpc) is 2.66. The predicted molar refractivity (Wildman–Crippen MR) is 112 cm³/mol. The molecular formula is C23H42O4. The third-order valence-corrected chi connectivity index (χ3v) is 4.49. The van der Waals surface area contributed by atoms with Crippen LogP contribution in [0.3, 0.4) is 0 Å². The Morgan fingerprint density at radius 3 is 1.59 bits per heavy atom. The summed E-state index contributed by atoms with van der Waals surface area (Å²) in [7, 11) is 0. The lowest BCUT2D eigenvalue weighted by Gasteiger charge is -2.06. The van der Waals surface area contributed by atoms with Crippen molar-refractivity contribution >= 4 is 11.9 Å². The van der Waals surface area contributed by atoms with Gasteiger partial charge in [0.15, 0.2) is 0 Å². The molecule has 27 heavy (non-hydrogen) atoms. The fraction of sp³-hybridized carbons (Fsp3) is 0.826. The Morgan fingerprint density at radius 2 is 1.04 bits per heavy atom. The summed E-state index contributed by atoms with van der Waals surface area (Å²) in [4.78, 5) is 23.1. The van der Waals surface area contributed by atoms with Crippen LogP contribution in [0.15, 0.2) is 12.2 Å². The van der Waals surface area contributed by atoms with Gasteiger partial charge in [-0.05, 0) is 32.1 Å². The highest BCUT2D eigenvalue weighted by Gasteiger charge is 2.05. The minimum Gasteiger partial charge on any atom is -0.462 e. The van der Waals surface area contributed by atoms with Crippen LogP contribution in [0.1, 0.15) is 110 Å². The molecule has 0 aromatic rings. The minimum atomic E-state index is -0.192. The van der Waals surface area contributed by atoms with Gasteiger partial charge in [-0.25, -0.2) is 0 Å². The number of rotatable bonds is 19. The van der Waals surface area contributed by atoms with Crippen molar-refractivity contribution in [2.24, 2.45) is 0 Å². The molecule has 0 aromatic carbocycles. The largest absolute Gasteiger partial charge is 0.462 e. The average molecular weight is 383 g/mol. The van der Waals surface area contributed by atoms with Crippen molar-refractivity contribution in [1.29, 1.82) is 0 Å². The van der Waals surface area contributed by atoms with Gasteiger partial charge in [-0.1, -0.05) is 77.4 Å². The Hall–Kier alpha value is -1.32. The molecule has 0 radical (unpaired) electrons. The summed E-state index contributed by atoms with van der Waals surface area (Å²) in [5.74, 6) is -0.379. The molecule has 0 aromatic heterocycles. The standard InChI is InChI=1S/C23H42O4/c1-3-5-7-9-10-11-12-13-14-15-17-19-23(25)27-21-20-26-22(24)18-16-8-6-4-2/h9-10H,3-8,11-21H2,1-2H3/b10-9+. The number of hydrogen-bond donors (Lipinski definition) is 0. The maximum Gasteiger partial charge on any atom is 0.305 e. The highest BCUT2D eigenvalue weighted by atomic mass is 16.6. The van der Waals surface area contributed by atoms with Crippen LogP contribution in [0.25, 0.3) is 0 Å². The highest BCUT2D eigenvalue weighted by Crippen LogP contribution is 2.09.